The second-order valence-electron chi connectivity index (χ2n) is 6.67. The predicted molar refractivity (Wildman–Crippen MR) is 122 cm³/mol. The summed E-state index contributed by atoms with van der Waals surface area (Å²) in [6, 6.07) is 9.52. The number of aromatic nitrogens is 5. The van der Waals surface area contributed by atoms with Crippen molar-refractivity contribution in [2.45, 2.75) is 11.6 Å². The number of nitrogens with one attached hydrogen (secondary N) is 2. The molecule has 0 atom stereocenters. The number of carbonyl (C=O) groups is 1. The lowest BCUT2D eigenvalue weighted by Crippen LogP contribution is -2.18. The highest BCUT2D eigenvalue weighted by Gasteiger charge is 2.11. The number of anilines is 1. The van der Waals surface area contributed by atoms with E-state index >= 15 is 0 Å². The highest BCUT2D eigenvalue weighted by atomic mass is 32.2. The Morgan fingerprint density at radius 2 is 1.90 bits per heavy atom. The van der Waals surface area contributed by atoms with Gasteiger partial charge in [0, 0.05) is 49.2 Å². The Morgan fingerprint density at radius 1 is 1.06 bits per heavy atom. The van der Waals surface area contributed by atoms with Gasteiger partial charge < -0.3 is 10.6 Å². The Labute approximate surface area is 184 Å². The maximum absolute atomic E-state index is 12.1. The Morgan fingerprint density at radius 3 is 2.68 bits per heavy atom. The minimum Gasteiger partial charge on any atom is -0.370 e. The van der Waals surface area contributed by atoms with Crippen LogP contribution < -0.4 is 10.6 Å². The summed E-state index contributed by atoms with van der Waals surface area (Å²) in [4.78, 5) is 33.9. The number of amides is 1. The van der Waals surface area contributed by atoms with Crippen molar-refractivity contribution in [2.24, 2.45) is 0 Å². The van der Waals surface area contributed by atoms with E-state index in [0.29, 0.717) is 12.1 Å². The summed E-state index contributed by atoms with van der Waals surface area (Å²) in [6.45, 7) is 0.656. The van der Waals surface area contributed by atoms with Gasteiger partial charge in [0.25, 0.3) is 5.91 Å². The first-order chi connectivity index (χ1) is 15.2. The molecule has 0 aliphatic rings. The maximum Gasteiger partial charge on any atom is 0.251 e. The van der Waals surface area contributed by atoms with E-state index < -0.39 is 0 Å². The van der Waals surface area contributed by atoms with Crippen LogP contribution in [0.25, 0.3) is 22.2 Å². The largest absolute Gasteiger partial charge is 0.370 e. The third-order valence-electron chi connectivity index (χ3n) is 4.80. The standard InChI is InChI=1S/C22H21N7OS/c1-23-21(30)17-7-9-25-20-14(4-3-5-16(17)20)6-8-24-19-10-18(28-13-29-19)15-11-26-22(31-2)27-12-15/h3-5,7,9-13H,6,8H2,1-2H3,(H,23,30)(H,24,28,29). The normalized spacial score (nSPS) is 10.8. The van der Waals surface area contributed by atoms with Gasteiger partial charge in [0.15, 0.2) is 5.16 Å². The molecule has 0 radical (unpaired) electrons. The number of pyridine rings is 1. The topological polar surface area (TPSA) is 106 Å². The number of benzene rings is 1. The molecule has 1 amide bonds. The average molecular weight is 432 g/mol. The molecule has 3 heterocycles. The van der Waals surface area contributed by atoms with Crippen molar-refractivity contribution in [2.75, 3.05) is 25.2 Å². The van der Waals surface area contributed by atoms with Gasteiger partial charge in [0.2, 0.25) is 0 Å². The molecule has 0 aliphatic carbocycles. The lowest BCUT2D eigenvalue weighted by molar-refractivity contribution is 0.0964. The molecule has 2 N–H and O–H groups in total. The molecule has 0 spiro atoms. The molecular weight excluding hydrogens is 410 g/mol. The van der Waals surface area contributed by atoms with E-state index in [2.05, 4.69) is 35.6 Å². The summed E-state index contributed by atoms with van der Waals surface area (Å²) < 4.78 is 0. The molecule has 9 heteroatoms. The van der Waals surface area contributed by atoms with Crippen LogP contribution >= 0.6 is 11.8 Å². The van der Waals surface area contributed by atoms with Crippen LogP contribution in [0, 0.1) is 0 Å². The molecular formula is C22H21N7OS. The van der Waals surface area contributed by atoms with E-state index in [1.165, 1.54) is 18.1 Å². The van der Waals surface area contributed by atoms with Crippen molar-refractivity contribution in [3.8, 4) is 11.3 Å². The summed E-state index contributed by atoms with van der Waals surface area (Å²) in [5.41, 5.74) is 4.11. The number of para-hydroxylation sites is 1. The number of fused-ring (bicyclic) bond motifs is 1. The summed E-state index contributed by atoms with van der Waals surface area (Å²) in [6.07, 6.45) is 9.38. The third kappa shape index (κ3) is 4.61. The van der Waals surface area contributed by atoms with Crippen LogP contribution in [-0.4, -0.2) is 50.7 Å². The Hall–Kier alpha value is -3.59. The van der Waals surface area contributed by atoms with Gasteiger partial charge in [-0.25, -0.2) is 19.9 Å². The summed E-state index contributed by atoms with van der Waals surface area (Å²) in [5, 5.41) is 7.58. The molecule has 4 rings (SSSR count). The Bertz CT molecular complexity index is 1210. The summed E-state index contributed by atoms with van der Waals surface area (Å²) >= 11 is 1.49. The minimum absolute atomic E-state index is 0.120. The van der Waals surface area contributed by atoms with Gasteiger partial charge in [-0.1, -0.05) is 30.0 Å². The fourth-order valence-corrected chi connectivity index (χ4v) is 3.58. The van der Waals surface area contributed by atoms with Gasteiger partial charge in [-0.3, -0.25) is 9.78 Å². The van der Waals surface area contributed by atoms with Gasteiger partial charge in [-0.15, -0.1) is 0 Å². The number of rotatable bonds is 7. The van der Waals surface area contributed by atoms with E-state index in [4.69, 9.17) is 0 Å². The first-order valence-corrected chi connectivity index (χ1v) is 10.9. The quantitative estimate of drug-likeness (QED) is 0.339. The van der Waals surface area contributed by atoms with Gasteiger partial charge >= 0.3 is 0 Å². The smallest absolute Gasteiger partial charge is 0.251 e. The fraction of sp³-hybridized carbons (Fsp3) is 0.182. The first kappa shape index (κ1) is 20.7. The number of nitrogens with zero attached hydrogens (tertiary/aromatic N) is 5. The zero-order chi connectivity index (χ0) is 21.6. The number of carbonyl (C=O) groups excluding carboxylic acids is 1. The van der Waals surface area contributed by atoms with E-state index in [9.17, 15) is 4.79 Å². The number of thioether (sulfide) groups is 1. The highest BCUT2D eigenvalue weighted by Crippen LogP contribution is 2.22. The molecule has 0 aliphatic heterocycles. The molecule has 1 aromatic carbocycles. The van der Waals surface area contributed by atoms with Gasteiger partial charge in [-0.2, -0.15) is 0 Å². The molecule has 0 saturated heterocycles. The molecule has 156 valence electrons. The van der Waals surface area contributed by atoms with Crippen molar-refractivity contribution in [1.29, 1.82) is 0 Å². The molecule has 31 heavy (non-hydrogen) atoms. The molecule has 0 saturated carbocycles. The average Bonchev–Trinajstić information content (AvgIpc) is 2.83. The minimum atomic E-state index is -0.120. The van der Waals surface area contributed by atoms with Gasteiger partial charge in [-0.05, 0) is 24.3 Å². The Kier molecular flexibility index (Phi) is 6.32. The van der Waals surface area contributed by atoms with Gasteiger partial charge in [0.1, 0.15) is 12.1 Å². The lowest BCUT2D eigenvalue weighted by atomic mass is 10.0. The molecule has 0 bridgehead atoms. The predicted octanol–water partition coefficient (Wildman–Crippen LogP) is 3.22. The van der Waals surface area contributed by atoms with E-state index in [1.807, 2.05) is 30.5 Å². The van der Waals surface area contributed by atoms with Crippen molar-refractivity contribution < 1.29 is 4.79 Å². The van der Waals surface area contributed by atoms with E-state index in [-0.39, 0.29) is 5.91 Å². The molecule has 0 fully saturated rings. The van der Waals surface area contributed by atoms with Gasteiger partial charge in [0.05, 0.1) is 16.8 Å². The third-order valence-corrected chi connectivity index (χ3v) is 5.38. The highest BCUT2D eigenvalue weighted by molar-refractivity contribution is 7.98. The SMILES string of the molecule is CNC(=O)c1ccnc2c(CCNc3cc(-c4cnc(SC)nc4)ncn3)cccc12. The fourth-order valence-electron chi connectivity index (χ4n) is 3.26. The summed E-state index contributed by atoms with van der Waals surface area (Å²) in [5.74, 6) is 0.601. The van der Waals surface area contributed by atoms with Crippen molar-refractivity contribution in [3.05, 3.63) is 66.4 Å². The maximum atomic E-state index is 12.1. The monoisotopic (exact) mass is 431 g/mol. The lowest BCUT2D eigenvalue weighted by Gasteiger charge is -2.10. The van der Waals surface area contributed by atoms with Crippen molar-refractivity contribution in [3.63, 3.8) is 0 Å². The molecule has 8 nitrogen and oxygen atoms in total. The Balaban J connectivity index is 1.48. The second-order valence-corrected chi connectivity index (χ2v) is 7.45. The zero-order valence-corrected chi connectivity index (χ0v) is 18.0. The second kappa shape index (κ2) is 9.48. The molecule has 3 aromatic heterocycles. The number of hydrogen-bond donors (Lipinski definition) is 2. The molecule has 0 unspecified atom stereocenters. The van der Waals surface area contributed by atoms with Crippen LogP contribution in [0.15, 0.2) is 60.4 Å². The van der Waals surface area contributed by atoms with Crippen LogP contribution in [0.4, 0.5) is 5.82 Å². The van der Waals surface area contributed by atoms with Crippen LogP contribution in [0.3, 0.4) is 0 Å². The van der Waals surface area contributed by atoms with E-state index in [0.717, 1.165) is 45.1 Å². The first-order valence-electron chi connectivity index (χ1n) is 9.70. The summed E-state index contributed by atoms with van der Waals surface area (Å²) in [7, 11) is 1.63. The van der Waals surface area contributed by atoms with Crippen LogP contribution in [0.1, 0.15) is 15.9 Å². The van der Waals surface area contributed by atoms with Crippen molar-refractivity contribution >= 4 is 34.4 Å². The zero-order valence-electron chi connectivity index (χ0n) is 17.2. The van der Waals surface area contributed by atoms with Crippen LogP contribution in [0.2, 0.25) is 0 Å². The number of hydrogen-bond acceptors (Lipinski definition) is 8. The van der Waals surface area contributed by atoms with Crippen LogP contribution in [-0.2, 0) is 6.42 Å². The van der Waals surface area contributed by atoms with Crippen LogP contribution in [0.5, 0.6) is 0 Å². The van der Waals surface area contributed by atoms with Crippen molar-refractivity contribution in [1.82, 2.24) is 30.2 Å². The molecule has 4 aromatic rings. The van der Waals surface area contributed by atoms with E-state index in [1.54, 1.807) is 31.7 Å².